The number of hydrogen-bond donors (Lipinski definition) is 1. The number of methoxy groups -OCH3 is 1. The van der Waals surface area contributed by atoms with Crippen molar-refractivity contribution in [3.05, 3.63) is 36.9 Å². The molecular formula is C19H26N2O4. The van der Waals surface area contributed by atoms with Gasteiger partial charge in [-0.2, -0.15) is 0 Å². The highest BCUT2D eigenvalue weighted by Gasteiger charge is 2.23. The smallest absolute Gasteiger partial charge is 0.257 e. The highest BCUT2D eigenvalue weighted by Crippen LogP contribution is 2.25. The summed E-state index contributed by atoms with van der Waals surface area (Å²) in [4.78, 5) is 25.8. The summed E-state index contributed by atoms with van der Waals surface area (Å²) >= 11 is 0. The Hall–Kier alpha value is -2.50. The van der Waals surface area contributed by atoms with E-state index >= 15 is 0 Å². The molecule has 0 spiro atoms. The number of benzene rings is 1. The molecule has 0 aromatic heterocycles. The van der Waals surface area contributed by atoms with Gasteiger partial charge in [-0.1, -0.05) is 18.2 Å². The number of rotatable bonds is 8. The van der Waals surface area contributed by atoms with E-state index in [2.05, 4.69) is 11.9 Å². The van der Waals surface area contributed by atoms with Gasteiger partial charge in [-0.15, -0.1) is 6.58 Å². The van der Waals surface area contributed by atoms with E-state index in [0.29, 0.717) is 31.0 Å². The third kappa shape index (κ3) is 5.81. The van der Waals surface area contributed by atoms with Crippen LogP contribution < -0.4 is 14.8 Å². The molecule has 6 nitrogen and oxygen atoms in total. The zero-order valence-electron chi connectivity index (χ0n) is 14.7. The van der Waals surface area contributed by atoms with Crippen molar-refractivity contribution in [3.8, 4) is 11.5 Å². The Balaban J connectivity index is 1.74. The van der Waals surface area contributed by atoms with Crippen LogP contribution in [-0.4, -0.2) is 50.1 Å². The maximum Gasteiger partial charge on any atom is 0.257 e. The molecule has 1 aliphatic rings. The lowest BCUT2D eigenvalue weighted by molar-refractivity contribution is -0.132. The molecule has 1 aliphatic heterocycles. The number of ether oxygens (including phenoxy) is 2. The van der Waals surface area contributed by atoms with E-state index in [9.17, 15) is 9.59 Å². The molecule has 0 bridgehead atoms. The Morgan fingerprint density at radius 2 is 2.12 bits per heavy atom. The topological polar surface area (TPSA) is 67.9 Å². The summed E-state index contributed by atoms with van der Waals surface area (Å²) in [6, 6.07) is 7.21. The van der Waals surface area contributed by atoms with Gasteiger partial charge in [-0.25, -0.2) is 0 Å². The lowest BCUT2D eigenvalue weighted by Gasteiger charge is -2.32. The number of nitrogens with one attached hydrogen (secondary N) is 1. The summed E-state index contributed by atoms with van der Waals surface area (Å²) in [7, 11) is 1.56. The van der Waals surface area contributed by atoms with Gasteiger partial charge in [-0.3, -0.25) is 9.59 Å². The summed E-state index contributed by atoms with van der Waals surface area (Å²) in [5, 5.41) is 2.89. The van der Waals surface area contributed by atoms with Crippen LogP contribution in [-0.2, 0) is 9.59 Å². The maximum atomic E-state index is 12.0. The van der Waals surface area contributed by atoms with Crippen LogP contribution in [0.25, 0.3) is 0 Å². The summed E-state index contributed by atoms with van der Waals surface area (Å²) in [6.45, 7) is 5.56. The highest BCUT2D eigenvalue weighted by atomic mass is 16.5. The van der Waals surface area contributed by atoms with Crippen LogP contribution in [0.2, 0.25) is 0 Å². The molecule has 0 radical (unpaired) electrons. The molecule has 1 fully saturated rings. The van der Waals surface area contributed by atoms with Crippen molar-refractivity contribution in [1.29, 1.82) is 0 Å². The third-order valence-electron chi connectivity index (χ3n) is 4.21. The Morgan fingerprint density at radius 1 is 1.36 bits per heavy atom. The minimum atomic E-state index is -0.180. The molecular weight excluding hydrogens is 320 g/mol. The van der Waals surface area contributed by atoms with Crippen molar-refractivity contribution in [3.63, 3.8) is 0 Å². The molecule has 1 aromatic rings. The Bertz CT molecular complexity index is 603. The molecule has 6 heteroatoms. The van der Waals surface area contributed by atoms with E-state index in [4.69, 9.17) is 9.47 Å². The van der Waals surface area contributed by atoms with Gasteiger partial charge in [0.1, 0.15) is 0 Å². The minimum Gasteiger partial charge on any atom is -0.493 e. The molecule has 25 heavy (non-hydrogen) atoms. The standard InChI is InChI=1S/C19H26N2O4/c1-3-7-19(23)21-11-6-8-15(13-21)12-20-18(22)14-25-17-10-5-4-9-16(17)24-2/h3-5,9-10,15H,1,6-8,11-14H2,2H3,(H,20,22). The van der Waals surface area contributed by atoms with Crippen LogP contribution in [0.4, 0.5) is 0 Å². The molecule has 1 atom stereocenters. The summed E-state index contributed by atoms with van der Waals surface area (Å²) in [5.41, 5.74) is 0. The fraction of sp³-hybridized carbons (Fsp3) is 0.474. The Kier molecular flexibility index (Phi) is 7.32. The lowest BCUT2D eigenvalue weighted by atomic mass is 9.97. The molecule has 1 heterocycles. The second kappa shape index (κ2) is 9.71. The zero-order valence-corrected chi connectivity index (χ0v) is 14.7. The first kappa shape index (κ1) is 18.8. The van der Waals surface area contributed by atoms with Crippen molar-refractivity contribution in [2.45, 2.75) is 19.3 Å². The van der Waals surface area contributed by atoms with Crippen molar-refractivity contribution in [2.75, 3.05) is 33.4 Å². The van der Waals surface area contributed by atoms with Crippen molar-refractivity contribution in [2.24, 2.45) is 5.92 Å². The van der Waals surface area contributed by atoms with Gasteiger partial charge < -0.3 is 19.7 Å². The number of hydrogen-bond acceptors (Lipinski definition) is 4. The van der Waals surface area contributed by atoms with E-state index < -0.39 is 0 Å². The van der Waals surface area contributed by atoms with Gasteiger partial charge in [0.05, 0.1) is 7.11 Å². The largest absolute Gasteiger partial charge is 0.493 e. The van der Waals surface area contributed by atoms with E-state index in [-0.39, 0.29) is 24.3 Å². The molecule has 1 unspecified atom stereocenters. The van der Waals surface area contributed by atoms with Crippen LogP contribution in [0.5, 0.6) is 11.5 Å². The SMILES string of the molecule is C=CCC(=O)N1CCCC(CNC(=O)COc2ccccc2OC)C1. The molecule has 0 saturated carbocycles. The predicted octanol–water partition coefficient (Wildman–Crippen LogP) is 2.00. The maximum absolute atomic E-state index is 12.0. The second-order valence-corrected chi connectivity index (χ2v) is 6.08. The van der Waals surface area contributed by atoms with Crippen LogP contribution in [0, 0.1) is 5.92 Å². The zero-order chi connectivity index (χ0) is 18.1. The molecule has 1 saturated heterocycles. The number of amides is 2. The predicted molar refractivity (Wildman–Crippen MR) is 95.6 cm³/mol. The van der Waals surface area contributed by atoms with Crippen molar-refractivity contribution in [1.82, 2.24) is 10.2 Å². The fourth-order valence-corrected chi connectivity index (χ4v) is 2.90. The van der Waals surface area contributed by atoms with Crippen LogP contribution in [0.15, 0.2) is 36.9 Å². The molecule has 136 valence electrons. The minimum absolute atomic E-state index is 0.0633. The summed E-state index contributed by atoms with van der Waals surface area (Å²) in [5.74, 6) is 1.33. The molecule has 2 rings (SSSR count). The van der Waals surface area contributed by atoms with Gasteiger partial charge in [0, 0.05) is 26.1 Å². The van der Waals surface area contributed by atoms with Crippen molar-refractivity contribution >= 4 is 11.8 Å². The number of para-hydroxylation sites is 2. The normalized spacial score (nSPS) is 16.8. The quantitative estimate of drug-likeness (QED) is 0.731. The molecule has 2 amide bonds. The van der Waals surface area contributed by atoms with Crippen molar-refractivity contribution < 1.29 is 19.1 Å². The number of likely N-dealkylation sites (tertiary alicyclic amines) is 1. The van der Waals surface area contributed by atoms with Gasteiger partial charge in [-0.05, 0) is 30.9 Å². The monoisotopic (exact) mass is 346 g/mol. The first-order chi connectivity index (χ1) is 12.1. The molecule has 0 aliphatic carbocycles. The van der Waals surface area contributed by atoms with Crippen LogP contribution in [0.3, 0.4) is 0 Å². The third-order valence-corrected chi connectivity index (χ3v) is 4.21. The summed E-state index contributed by atoms with van der Waals surface area (Å²) in [6.07, 6.45) is 3.96. The average Bonchev–Trinajstić information content (AvgIpc) is 2.65. The Labute approximate surface area is 148 Å². The fourth-order valence-electron chi connectivity index (χ4n) is 2.90. The number of carbonyl (C=O) groups is 2. The average molecular weight is 346 g/mol. The highest BCUT2D eigenvalue weighted by molar-refractivity contribution is 5.78. The van der Waals surface area contributed by atoms with Crippen LogP contribution >= 0.6 is 0 Å². The van der Waals surface area contributed by atoms with Gasteiger partial charge in [0.2, 0.25) is 5.91 Å². The molecule has 1 N–H and O–H groups in total. The first-order valence-electron chi connectivity index (χ1n) is 8.55. The second-order valence-electron chi connectivity index (χ2n) is 6.08. The van der Waals surface area contributed by atoms with E-state index in [1.54, 1.807) is 25.3 Å². The van der Waals surface area contributed by atoms with Gasteiger partial charge >= 0.3 is 0 Å². The van der Waals surface area contributed by atoms with E-state index in [0.717, 1.165) is 19.4 Å². The number of carbonyl (C=O) groups excluding carboxylic acids is 2. The van der Waals surface area contributed by atoms with Gasteiger partial charge in [0.25, 0.3) is 5.91 Å². The van der Waals surface area contributed by atoms with E-state index in [1.807, 2.05) is 17.0 Å². The first-order valence-corrected chi connectivity index (χ1v) is 8.55. The number of piperidine rings is 1. The summed E-state index contributed by atoms with van der Waals surface area (Å²) < 4.78 is 10.7. The van der Waals surface area contributed by atoms with Crippen LogP contribution in [0.1, 0.15) is 19.3 Å². The van der Waals surface area contributed by atoms with E-state index in [1.165, 1.54) is 0 Å². The lowest BCUT2D eigenvalue weighted by Crippen LogP contribution is -2.44. The molecule has 1 aromatic carbocycles. The Morgan fingerprint density at radius 3 is 2.84 bits per heavy atom. The number of nitrogens with zero attached hydrogens (tertiary/aromatic N) is 1. The van der Waals surface area contributed by atoms with Gasteiger partial charge in [0.15, 0.2) is 18.1 Å².